The van der Waals surface area contributed by atoms with Crippen LogP contribution in [0, 0.1) is 35.3 Å². The number of ether oxygens (including phenoxy) is 2. The summed E-state index contributed by atoms with van der Waals surface area (Å²) in [5.41, 5.74) is 4.93. The van der Waals surface area contributed by atoms with Gasteiger partial charge in [0.1, 0.15) is 18.5 Å². The summed E-state index contributed by atoms with van der Waals surface area (Å²) in [6.45, 7) is 4.09. The van der Waals surface area contributed by atoms with Gasteiger partial charge in [-0.05, 0) is 54.8 Å². The number of para-hydroxylation sites is 2. The number of hydrogen-bond donors (Lipinski definition) is 1. The first-order valence-electron chi connectivity index (χ1n) is 10.5. The van der Waals surface area contributed by atoms with Crippen LogP contribution in [0.15, 0.2) is 54.6 Å². The third-order valence-electron chi connectivity index (χ3n) is 5.43. The van der Waals surface area contributed by atoms with Crippen LogP contribution in [0.4, 0.5) is 5.69 Å². The van der Waals surface area contributed by atoms with Crippen LogP contribution >= 0.6 is 0 Å². The van der Waals surface area contributed by atoms with Gasteiger partial charge in [0.25, 0.3) is 0 Å². The van der Waals surface area contributed by atoms with Gasteiger partial charge in [-0.25, -0.2) is 4.98 Å². The second kappa shape index (κ2) is 9.46. The molecule has 0 aliphatic heterocycles. The molecule has 0 aliphatic rings. The number of nitro groups is 1. The van der Waals surface area contributed by atoms with Gasteiger partial charge in [-0.15, -0.1) is 0 Å². The molecule has 0 fully saturated rings. The number of nitriles is 1. The van der Waals surface area contributed by atoms with E-state index in [1.54, 1.807) is 6.07 Å². The molecule has 1 N–H and O–H groups in total. The van der Waals surface area contributed by atoms with E-state index >= 15 is 0 Å². The van der Waals surface area contributed by atoms with E-state index in [1.165, 1.54) is 19.3 Å². The molecule has 0 amide bonds. The van der Waals surface area contributed by atoms with Gasteiger partial charge >= 0.3 is 5.69 Å². The first-order chi connectivity index (χ1) is 16.4. The van der Waals surface area contributed by atoms with E-state index in [0.717, 1.165) is 27.7 Å². The summed E-state index contributed by atoms with van der Waals surface area (Å²) in [4.78, 5) is 18.9. The lowest BCUT2D eigenvalue weighted by Gasteiger charge is -2.13. The van der Waals surface area contributed by atoms with Crippen LogP contribution in [0.25, 0.3) is 22.7 Å². The summed E-state index contributed by atoms with van der Waals surface area (Å²) >= 11 is 0. The molecule has 4 rings (SSSR count). The fourth-order valence-corrected chi connectivity index (χ4v) is 3.63. The van der Waals surface area contributed by atoms with E-state index < -0.39 is 4.92 Å². The number of aromatic nitrogens is 2. The highest BCUT2D eigenvalue weighted by molar-refractivity contribution is 5.91. The molecule has 0 unspecified atom stereocenters. The van der Waals surface area contributed by atoms with Crippen molar-refractivity contribution in [3.05, 3.63) is 92.8 Å². The molecule has 0 atom stereocenters. The average Bonchev–Trinajstić information content (AvgIpc) is 3.27. The number of imidazole rings is 1. The topological polar surface area (TPSA) is 114 Å². The standard InChI is InChI=1S/C26H22N4O4/c1-16-8-9-17(2)20(10-16)15-34-25-23(30(31)32)12-18(13-24(25)33-3)11-19(14-27)26-28-21-6-4-5-7-22(21)29-26/h4-13H,15H2,1-3H3,(H,28,29)/b19-11-. The Morgan fingerprint density at radius 3 is 2.71 bits per heavy atom. The maximum absolute atomic E-state index is 11.9. The van der Waals surface area contributed by atoms with E-state index in [9.17, 15) is 15.4 Å². The highest BCUT2D eigenvalue weighted by Crippen LogP contribution is 2.40. The Labute approximate surface area is 196 Å². The summed E-state index contributed by atoms with van der Waals surface area (Å²) in [5, 5.41) is 21.6. The van der Waals surface area contributed by atoms with Crippen LogP contribution in [0.2, 0.25) is 0 Å². The number of nitrogens with one attached hydrogen (secondary N) is 1. The molecule has 8 heteroatoms. The number of allylic oxidation sites excluding steroid dienone is 1. The van der Waals surface area contributed by atoms with Crippen molar-refractivity contribution in [2.75, 3.05) is 7.11 Å². The third-order valence-corrected chi connectivity index (χ3v) is 5.43. The molecule has 3 aromatic carbocycles. The quantitative estimate of drug-likeness (QED) is 0.216. The normalized spacial score (nSPS) is 11.3. The monoisotopic (exact) mass is 454 g/mol. The lowest BCUT2D eigenvalue weighted by Crippen LogP contribution is -2.03. The Morgan fingerprint density at radius 1 is 1.21 bits per heavy atom. The van der Waals surface area contributed by atoms with Gasteiger partial charge in [0.2, 0.25) is 5.75 Å². The number of H-pyrrole nitrogens is 1. The Balaban J connectivity index is 1.73. The fourth-order valence-electron chi connectivity index (χ4n) is 3.63. The molecule has 0 radical (unpaired) electrons. The van der Waals surface area contributed by atoms with E-state index in [1.807, 2.05) is 56.3 Å². The molecule has 0 bridgehead atoms. The minimum atomic E-state index is -0.522. The maximum atomic E-state index is 11.9. The van der Waals surface area contributed by atoms with Crippen molar-refractivity contribution in [1.82, 2.24) is 9.97 Å². The number of nitrogens with zero attached hydrogens (tertiary/aromatic N) is 3. The molecule has 0 spiro atoms. The molecule has 0 saturated carbocycles. The van der Waals surface area contributed by atoms with Crippen molar-refractivity contribution in [1.29, 1.82) is 5.26 Å². The predicted molar refractivity (Wildman–Crippen MR) is 129 cm³/mol. The second-order valence-electron chi connectivity index (χ2n) is 7.82. The van der Waals surface area contributed by atoms with Crippen LogP contribution in [0.5, 0.6) is 11.5 Å². The summed E-state index contributed by atoms with van der Waals surface area (Å²) < 4.78 is 11.3. The number of methoxy groups -OCH3 is 1. The van der Waals surface area contributed by atoms with E-state index in [4.69, 9.17) is 9.47 Å². The van der Waals surface area contributed by atoms with E-state index in [0.29, 0.717) is 11.4 Å². The Hall–Kier alpha value is -4.64. The summed E-state index contributed by atoms with van der Waals surface area (Å²) in [5.74, 6) is 0.612. The van der Waals surface area contributed by atoms with Gasteiger partial charge in [0.15, 0.2) is 5.75 Å². The zero-order chi connectivity index (χ0) is 24.2. The Kier molecular flexibility index (Phi) is 6.28. The van der Waals surface area contributed by atoms with Crippen molar-refractivity contribution in [3.63, 3.8) is 0 Å². The third kappa shape index (κ3) is 4.59. The highest BCUT2D eigenvalue weighted by Gasteiger charge is 2.23. The van der Waals surface area contributed by atoms with Gasteiger partial charge in [-0.2, -0.15) is 5.26 Å². The smallest absolute Gasteiger partial charge is 0.315 e. The first-order valence-corrected chi connectivity index (χ1v) is 10.5. The van der Waals surface area contributed by atoms with Crippen molar-refractivity contribution in [2.24, 2.45) is 0 Å². The molecule has 4 aromatic rings. The zero-order valence-electron chi connectivity index (χ0n) is 19.0. The molecule has 0 saturated heterocycles. The first kappa shape index (κ1) is 22.6. The predicted octanol–water partition coefficient (Wildman–Crippen LogP) is 5.74. The maximum Gasteiger partial charge on any atom is 0.315 e. The number of nitro benzene ring substituents is 1. The molecule has 1 heterocycles. The van der Waals surface area contributed by atoms with Gasteiger partial charge in [0.05, 0.1) is 28.6 Å². The van der Waals surface area contributed by atoms with Gasteiger partial charge in [0, 0.05) is 6.07 Å². The van der Waals surface area contributed by atoms with Gasteiger partial charge in [-0.1, -0.05) is 35.9 Å². The molecule has 8 nitrogen and oxygen atoms in total. The average molecular weight is 454 g/mol. The van der Waals surface area contributed by atoms with Crippen molar-refractivity contribution in [2.45, 2.75) is 20.5 Å². The number of benzene rings is 3. The summed E-state index contributed by atoms with van der Waals surface area (Å²) in [6, 6.07) is 18.5. The molecule has 0 aliphatic carbocycles. The van der Waals surface area contributed by atoms with Gasteiger partial charge in [-0.3, -0.25) is 10.1 Å². The SMILES string of the molecule is COc1cc(/C=C(/C#N)c2nc3ccccc3[nH]2)cc([N+](=O)[O-])c1OCc1cc(C)ccc1C. The van der Waals surface area contributed by atoms with Crippen molar-refractivity contribution < 1.29 is 14.4 Å². The van der Waals surface area contributed by atoms with E-state index in [2.05, 4.69) is 16.0 Å². The lowest BCUT2D eigenvalue weighted by molar-refractivity contribution is -0.386. The second-order valence-corrected chi connectivity index (χ2v) is 7.82. The molecule has 170 valence electrons. The Morgan fingerprint density at radius 2 is 2.00 bits per heavy atom. The lowest BCUT2D eigenvalue weighted by atomic mass is 10.1. The van der Waals surface area contributed by atoms with E-state index in [-0.39, 0.29) is 29.4 Å². The van der Waals surface area contributed by atoms with Crippen LogP contribution in [0.3, 0.4) is 0 Å². The minimum absolute atomic E-state index is 0.0350. The number of aryl methyl sites for hydroxylation is 2. The number of fused-ring (bicyclic) bond motifs is 1. The Bertz CT molecular complexity index is 1430. The molecule has 34 heavy (non-hydrogen) atoms. The van der Waals surface area contributed by atoms with Crippen LogP contribution in [0.1, 0.15) is 28.1 Å². The number of aromatic amines is 1. The van der Waals surface area contributed by atoms with Crippen LogP contribution in [-0.4, -0.2) is 22.0 Å². The zero-order valence-corrected chi connectivity index (χ0v) is 19.0. The summed E-state index contributed by atoms with van der Waals surface area (Å²) in [6.07, 6.45) is 1.53. The molecular formula is C26H22N4O4. The van der Waals surface area contributed by atoms with Crippen LogP contribution < -0.4 is 9.47 Å². The van der Waals surface area contributed by atoms with Crippen molar-refractivity contribution >= 4 is 28.4 Å². The highest BCUT2D eigenvalue weighted by atomic mass is 16.6. The van der Waals surface area contributed by atoms with Crippen molar-refractivity contribution in [3.8, 4) is 17.6 Å². The number of hydrogen-bond acceptors (Lipinski definition) is 6. The molecular weight excluding hydrogens is 432 g/mol. The minimum Gasteiger partial charge on any atom is -0.493 e. The fraction of sp³-hybridized carbons (Fsp3) is 0.154. The molecule has 1 aromatic heterocycles. The largest absolute Gasteiger partial charge is 0.493 e. The number of rotatable bonds is 7. The van der Waals surface area contributed by atoms with Crippen LogP contribution in [-0.2, 0) is 6.61 Å². The summed E-state index contributed by atoms with van der Waals surface area (Å²) in [7, 11) is 1.42. The van der Waals surface area contributed by atoms with Gasteiger partial charge < -0.3 is 14.5 Å².